The van der Waals surface area contributed by atoms with Crippen molar-refractivity contribution in [3.05, 3.63) is 107 Å². The molecule has 0 saturated heterocycles. The molecule has 1 heterocycles. The summed E-state index contributed by atoms with van der Waals surface area (Å²) in [6, 6.07) is 23.0. The number of nitrogens with one attached hydrogen (secondary N) is 1. The molecule has 1 amide bonds. The highest BCUT2D eigenvalue weighted by atomic mass is 32.2. The monoisotopic (exact) mass is 474 g/mol. The van der Waals surface area contributed by atoms with Crippen LogP contribution in [0.25, 0.3) is 0 Å². The fourth-order valence-corrected chi connectivity index (χ4v) is 4.65. The van der Waals surface area contributed by atoms with Crippen LogP contribution in [-0.4, -0.2) is 31.2 Å². The highest BCUT2D eigenvalue weighted by Gasteiger charge is 2.21. The lowest BCUT2D eigenvalue weighted by atomic mass is 10.1. The van der Waals surface area contributed by atoms with Gasteiger partial charge in [0, 0.05) is 18.7 Å². The maximum absolute atomic E-state index is 12.9. The minimum absolute atomic E-state index is 0.212. The molecular formula is C26H26N4O3S. The number of aryl methyl sites for hydroxylation is 2. The third-order valence-electron chi connectivity index (χ3n) is 5.58. The molecule has 0 unspecified atom stereocenters. The van der Waals surface area contributed by atoms with Gasteiger partial charge in [0.2, 0.25) is 0 Å². The van der Waals surface area contributed by atoms with Crippen molar-refractivity contribution in [2.24, 2.45) is 0 Å². The normalized spacial score (nSPS) is 11.3. The van der Waals surface area contributed by atoms with Crippen LogP contribution in [-0.2, 0) is 16.6 Å². The molecule has 1 aromatic heterocycles. The second-order valence-electron chi connectivity index (χ2n) is 8.15. The SMILES string of the molecule is Cc1ccc(Cn2nccc2NC(=O)c2ccc(N(C)S(=O)(=O)c3ccc(C)cc3)cc2)cc1. The van der Waals surface area contributed by atoms with Crippen molar-refractivity contribution in [3.63, 3.8) is 0 Å². The standard InChI is InChI=1S/C26H26N4O3S/c1-19-4-8-21(9-5-19)18-30-25(16-17-27-30)28-26(31)22-10-12-23(13-11-22)29(3)34(32,33)24-14-6-20(2)7-15-24/h4-17H,18H2,1-3H3,(H,28,31). The van der Waals surface area contributed by atoms with E-state index in [1.165, 1.54) is 16.9 Å². The number of carbonyl (C=O) groups excluding carboxylic acids is 1. The molecule has 1 N–H and O–H groups in total. The van der Waals surface area contributed by atoms with Crippen LogP contribution >= 0.6 is 0 Å². The van der Waals surface area contributed by atoms with E-state index in [4.69, 9.17) is 0 Å². The van der Waals surface area contributed by atoms with Crippen LogP contribution in [0.2, 0.25) is 0 Å². The smallest absolute Gasteiger partial charge is 0.264 e. The van der Waals surface area contributed by atoms with Gasteiger partial charge < -0.3 is 5.32 Å². The zero-order valence-electron chi connectivity index (χ0n) is 19.3. The number of nitrogens with zero attached hydrogens (tertiary/aromatic N) is 3. The van der Waals surface area contributed by atoms with Crippen LogP contribution in [0.4, 0.5) is 11.5 Å². The Bertz CT molecular complexity index is 1390. The quantitative estimate of drug-likeness (QED) is 0.423. The summed E-state index contributed by atoms with van der Waals surface area (Å²) in [5.74, 6) is 0.273. The molecule has 174 valence electrons. The molecule has 0 spiro atoms. The van der Waals surface area contributed by atoms with E-state index in [1.807, 2.05) is 38.1 Å². The maximum atomic E-state index is 12.9. The molecule has 0 aliphatic carbocycles. The number of carbonyl (C=O) groups is 1. The molecule has 0 bridgehead atoms. The summed E-state index contributed by atoms with van der Waals surface area (Å²) >= 11 is 0. The second kappa shape index (κ2) is 9.52. The highest BCUT2D eigenvalue weighted by Crippen LogP contribution is 2.23. The van der Waals surface area contributed by atoms with Gasteiger partial charge in [-0.2, -0.15) is 5.10 Å². The molecule has 0 saturated carbocycles. The van der Waals surface area contributed by atoms with Crippen LogP contribution in [0.5, 0.6) is 0 Å². The topological polar surface area (TPSA) is 84.3 Å². The minimum atomic E-state index is -3.70. The molecule has 7 nitrogen and oxygen atoms in total. The molecule has 0 aliphatic rings. The molecule has 4 rings (SSSR count). The Morgan fingerprint density at radius 1 is 0.882 bits per heavy atom. The number of sulfonamides is 1. The average Bonchev–Trinajstić information content (AvgIpc) is 3.26. The van der Waals surface area contributed by atoms with Crippen molar-refractivity contribution in [1.29, 1.82) is 0 Å². The molecule has 4 aromatic rings. The lowest BCUT2D eigenvalue weighted by Gasteiger charge is -2.20. The van der Waals surface area contributed by atoms with E-state index in [0.29, 0.717) is 23.6 Å². The van der Waals surface area contributed by atoms with Crippen molar-refractivity contribution < 1.29 is 13.2 Å². The van der Waals surface area contributed by atoms with Gasteiger partial charge in [-0.25, -0.2) is 13.1 Å². The van der Waals surface area contributed by atoms with E-state index in [-0.39, 0.29) is 10.8 Å². The van der Waals surface area contributed by atoms with E-state index in [1.54, 1.807) is 65.5 Å². The molecule has 34 heavy (non-hydrogen) atoms. The van der Waals surface area contributed by atoms with Crippen molar-refractivity contribution in [2.75, 3.05) is 16.7 Å². The number of aromatic nitrogens is 2. The van der Waals surface area contributed by atoms with Gasteiger partial charge in [-0.1, -0.05) is 47.5 Å². The third-order valence-corrected chi connectivity index (χ3v) is 7.38. The lowest BCUT2D eigenvalue weighted by Crippen LogP contribution is -2.26. The van der Waals surface area contributed by atoms with E-state index in [9.17, 15) is 13.2 Å². The average molecular weight is 475 g/mol. The Morgan fingerprint density at radius 3 is 2.09 bits per heavy atom. The van der Waals surface area contributed by atoms with Crippen LogP contribution < -0.4 is 9.62 Å². The van der Waals surface area contributed by atoms with Crippen LogP contribution in [0, 0.1) is 13.8 Å². The van der Waals surface area contributed by atoms with Gasteiger partial charge in [0.25, 0.3) is 15.9 Å². The zero-order chi connectivity index (χ0) is 24.3. The van der Waals surface area contributed by atoms with Crippen molar-refractivity contribution in [2.45, 2.75) is 25.3 Å². The molecule has 0 atom stereocenters. The maximum Gasteiger partial charge on any atom is 0.264 e. The number of rotatable bonds is 7. The predicted molar refractivity (Wildman–Crippen MR) is 134 cm³/mol. The Morgan fingerprint density at radius 2 is 1.47 bits per heavy atom. The summed E-state index contributed by atoms with van der Waals surface area (Å²) in [6.45, 7) is 4.47. The Balaban J connectivity index is 1.46. The highest BCUT2D eigenvalue weighted by molar-refractivity contribution is 7.92. The van der Waals surface area contributed by atoms with Gasteiger partial charge in [-0.3, -0.25) is 9.10 Å². The number of hydrogen-bond donors (Lipinski definition) is 1. The Hall–Kier alpha value is -3.91. The van der Waals surface area contributed by atoms with Gasteiger partial charge in [-0.05, 0) is 55.8 Å². The second-order valence-corrected chi connectivity index (χ2v) is 10.1. The first-order chi connectivity index (χ1) is 16.2. The number of hydrogen-bond acceptors (Lipinski definition) is 4. The van der Waals surface area contributed by atoms with Gasteiger partial charge >= 0.3 is 0 Å². The van der Waals surface area contributed by atoms with Crippen LogP contribution in [0.15, 0.2) is 90.0 Å². The van der Waals surface area contributed by atoms with Crippen molar-refractivity contribution in [1.82, 2.24) is 9.78 Å². The first-order valence-electron chi connectivity index (χ1n) is 10.8. The van der Waals surface area contributed by atoms with Gasteiger partial charge in [0.05, 0.1) is 23.3 Å². The summed E-state index contributed by atoms with van der Waals surface area (Å²) < 4.78 is 28.8. The summed E-state index contributed by atoms with van der Waals surface area (Å²) in [5, 5.41) is 7.19. The van der Waals surface area contributed by atoms with Crippen molar-refractivity contribution >= 4 is 27.4 Å². The van der Waals surface area contributed by atoms with Crippen LogP contribution in [0.1, 0.15) is 27.0 Å². The van der Waals surface area contributed by atoms with E-state index in [2.05, 4.69) is 10.4 Å². The molecule has 8 heteroatoms. The predicted octanol–water partition coefficient (Wildman–Crippen LogP) is 4.63. The van der Waals surface area contributed by atoms with E-state index in [0.717, 1.165) is 11.1 Å². The molecule has 0 radical (unpaired) electrons. The summed E-state index contributed by atoms with van der Waals surface area (Å²) in [7, 11) is -2.21. The molecule has 0 fully saturated rings. The largest absolute Gasteiger partial charge is 0.307 e. The number of anilines is 2. The summed E-state index contributed by atoms with van der Waals surface area (Å²) in [4.78, 5) is 13.0. The van der Waals surface area contributed by atoms with Gasteiger partial charge in [-0.15, -0.1) is 0 Å². The first kappa shape index (κ1) is 23.3. The minimum Gasteiger partial charge on any atom is -0.307 e. The Kier molecular flexibility index (Phi) is 6.51. The fraction of sp³-hybridized carbons (Fsp3) is 0.154. The number of amides is 1. The fourth-order valence-electron chi connectivity index (χ4n) is 3.45. The van der Waals surface area contributed by atoms with Gasteiger partial charge in [0.15, 0.2) is 0 Å². The van der Waals surface area contributed by atoms with Crippen molar-refractivity contribution in [3.8, 4) is 0 Å². The third kappa shape index (κ3) is 5.02. The van der Waals surface area contributed by atoms with Crippen LogP contribution in [0.3, 0.4) is 0 Å². The number of benzene rings is 3. The summed E-state index contributed by atoms with van der Waals surface area (Å²) in [5.41, 5.74) is 4.11. The van der Waals surface area contributed by atoms with Gasteiger partial charge in [0.1, 0.15) is 5.82 Å². The first-order valence-corrected chi connectivity index (χ1v) is 12.2. The molecule has 0 aliphatic heterocycles. The zero-order valence-corrected chi connectivity index (χ0v) is 20.1. The summed E-state index contributed by atoms with van der Waals surface area (Å²) in [6.07, 6.45) is 1.64. The van der Waals surface area contributed by atoms with E-state index < -0.39 is 10.0 Å². The molecular weight excluding hydrogens is 448 g/mol. The Labute approximate surface area is 199 Å². The lowest BCUT2D eigenvalue weighted by molar-refractivity contribution is 0.102. The van der Waals surface area contributed by atoms with E-state index >= 15 is 0 Å². The molecule has 3 aromatic carbocycles.